The molecule has 1 fully saturated rings. The zero-order chi connectivity index (χ0) is 26.9. The zero-order valence-corrected chi connectivity index (χ0v) is 21.5. The monoisotopic (exact) mass is 506 g/mol. The molecule has 6 nitrogen and oxygen atoms in total. The van der Waals surface area contributed by atoms with Crippen LogP contribution in [0, 0.1) is 17.2 Å². The highest BCUT2D eigenvalue weighted by molar-refractivity contribution is 5.81. The van der Waals surface area contributed by atoms with Crippen molar-refractivity contribution >= 4 is 17.1 Å². The van der Waals surface area contributed by atoms with Crippen LogP contribution in [0.3, 0.4) is 0 Å². The van der Waals surface area contributed by atoms with Crippen molar-refractivity contribution in [2.45, 2.75) is 52.6 Å². The number of carbonyl (C=O) groups excluding carboxylic acids is 1. The summed E-state index contributed by atoms with van der Waals surface area (Å²) in [6.45, 7) is 10.5. The maximum Gasteiger partial charge on any atom is 0.252 e. The molecule has 3 rings (SSSR count). The third kappa shape index (κ3) is 7.10. The predicted molar refractivity (Wildman–Crippen MR) is 140 cm³/mol. The van der Waals surface area contributed by atoms with Crippen LogP contribution in [0.4, 0.5) is 8.78 Å². The van der Waals surface area contributed by atoms with Gasteiger partial charge in [0.05, 0.1) is 24.5 Å². The molecule has 2 heterocycles. The molecule has 2 aliphatic rings. The van der Waals surface area contributed by atoms with Crippen LogP contribution < -0.4 is 4.74 Å². The minimum absolute atomic E-state index is 0.0223. The lowest BCUT2D eigenvalue weighted by molar-refractivity contribution is -0.144. The Balaban J connectivity index is 1.96. The molecule has 1 aromatic rings. The summed E-state index contributed by atoms with van der Waals surface area (Å²) in [6, 6.07) is 2.03. The molecule has 0 N–H and O–H groups in total. The molecular weight excluding hydrogens is 474 g/mol. The van der Waals surface area contributed by atoms with Crippen molar-refractivity contribution in [1.82, 2.24) is 14.9 Å². The highest BCUT2D eigenvalue weighted by atomic mass is 19.1. The molecule has 0 saturated carbocycles. The highest BCUT2D eigenvalue weighted by Gasteiger charge is 2.35. The van der Waals surface area contributed by atoms with E-state index in [9.17, 15) is 18.8 Å². The summed E-state index contributed by atoms with van der Waals surface area (Å²) in [6.07, 6.45) is 12.3. The van der Waals surface area contributed by atoms with E-state index in [1.807, 2.05) is 26.8 Å². The second kappa shape index (κ2) is 12.9. The largest absolute Gasteiger partial charge is 0.468 e. The number of halogens is 2. The number of carbonyl (C=O) groups is 1. The van der Waals surface area contributed by atoms with Crippen molar-refractivity contribution in [2.24, 2.45) is 5.92 Å². The smallest absolute Gasteiger partial charge is 0.252 e. The lowest BCUT2D eigenvalue weighted by Crippen LogP contribution is -2.57. The number of aromatic nitrogens is 2. The molecule has 1 saturated heterocycles. The van der Waals surface area contributed by atoms with Crippen LogP contribution in [0.1, 0.15) is 63.5 Å². The number of rotatable bonds is 9. The van der Waals surface area contributed by atoms with Gasteiger partial charge in [0.1, 0.15) is 23.8 Å². The van der Waals surface area contributed by atoms with Gasteiger partial charge in [-0.05, 0) is 61.1 Å². The molecule has 8 heteroatoms. The van der Waals surface area contributed by atoms with Gasteiger partial charge in [0, 0.05) is 5.92 Å². The van der Waals surface area contributed by atoms with Gasteiger partial charge >= 0.3 is 0 Å². The van der Waals surface area contributed by atoms with Crippen molar-refractivity contribution in [3.63, 3.8) is 0 Å². The highest BCUT2D eigenvalue weighted by Crippen LogP contribution is 2.31. The van der Waals surface area contributed by atoms with Crippen LogP contribution in [0.15, 0.2) is 60.8 Å². The third-order valence-electron chi connectivity index (χ3n) is 6.19. The van der Waals surface area contributed by atoms with Crippen LogP contribution in [-0.2, 0) is 4.79 Å². The molecule has 1 aromatic heterocycles. The molecule has 0 spiro atoms. The van der Waals surface area contributed by atoms with E-state index in [4.69, 9.17) is 4.74 Å². The summed E-state index contributed by atoms with van der Waals surface area (Å²) in [7, 11) is 0. The minimum Gasteiger partial charge on any atom is -0.468 e. The summed E-state index contributed by atoms with van der Waals surface area (Å²) in [4.78, 5) is 23.2. The lowest BCUT2D eigenvalue weighted by Gasteiger charge is -2.40. The Hall–Kier alpha value is -3.86. The van der Waals surface area contributed by atoms with Crippen molar-refractivity contribution < 1.29 is 18.3 Å². The summed E-state index contributed by atoms with van der Waals surface area (Å²) in [5.41, 5.74) is 1.67. The van der Waals surface area contributed by atoms with E-state index in [1.54, 1.807) is 17.1 Å². The number of ether oxygens (including phenoxy) is 1. The van der Waals surface area contributed by atoms with E-state index in [0.717, 1.165) is 6.42 Å². The predicted octanol–water partition coefficient (Wildman–Crippen LogP) is 6.40. The van der Waals surface area contributed by atoms with E-state index >= 15 is 0 Å². The van der Waals surface area contributed by atoms with Gasteiger partial charge in [-0.25, -0.2) is 18.7 Å². The van der Waals surface area contributed by atoms with Crippen LogP contribution in [0.2, 0.25) is 0 Å². The molecular formula is C29H32F2N4O2. The molecule has 1 aliphatic heterocycles. The summed E-state index contributed by atoms with van der Waals surface area (Å²) < 4.78 is 33.9. The summed E-state index contributed by atoms with van der Waals surface area (Å²) >= 11 is 0. The number of hydrogen-bond acceptors (Lipinski definition) is 5. The van der Waals surface area contributed by atoms with Crippen molar-refractivity contribution in [1.29, 1.82) is 5.26 Å². The normalized spacial score (nSPS) is 21.0. The van der Waals surface area contributed by atoms with Gasteiger partial charge in [-0.1, -0.05) is 45.6 Å². The zero-order valence-electron chi connectivity index (χ0n) is 21.5. The summed E-state index contributed by atoms with van der Waals surface area (Å²) in [5.74, 6) is -0.794. The number of hydrogen-bond donors (Lipinski definition) is 0. The Morgan fingerprint density at radius 3 is 2.76 bits per heavy atom. The molecule has 1 atom stereocenters. The van der Waals surface area contributed by atoms with Crippen molar-refractivity contribution in [2.75, 3.05) is 13.1 Å². The van der Waals surface area contributed by atoms with E-state index < -0.39 is 11.7 Å². The molecule has 1 aliphatic carbocycles. The molecule has 0 aromatic carbocycles. The Bertz CT molecular complexity index is 1230. The average molecular weight is 507 g/mol. The van der Waals surface area contributed by atoms with Crippen molar-refractivity contribution in [3.05, 3.63) is 77.8 Å². The topological polar surface area (TPSA) is 79.1 Å². The van der Waals surface area contributed by atoms with Crippen LogP contribution in [0.25, 0.3) is 11.1 Å². The SMILES string of the molecule is C=C(/C=C\C(F)=C/CC)c1nc(OC2CN(C(=O)C(C)CC)C2)c(C#N)nc1/C1=C/C=C(F)\C=C/CC1. The first-order valence-electron chi connectivity index (χ1n) is 12.5. The third-order valence-corrected chi connectivity index (χ3v) is 6.19. The number of allylic oxidation sites excluding steroid dienone is 11. The van der Waals surface area contributed by atoms with E-state index in [-0.39, 0.29) is 29.5 Å². The molecule has 1 unspecified atom stereocenters. The number of nitrogens with zero attached hydrogens (tertiary/aromatic N) is 4. The van der Waals surface area contributed by atoms with Gasteiger partial charge in [0.25, 0.3) is 5.88 Å². The molecule has 194 valence electrons. The van der Waals surface area contributed by atoms with Gasteiger partial charge in [-0.15, -0.1) is 0 Å². The van der Waals surface area contributed by atoms with Gasteiger partial charge in [0.2, 0.25) is 11.6 Å². The van der Waals surface area contributed by atoms with Crippen LogP contribution in [0.5, 0.6) is 5.88 Å². The Labute approximate surface area is 217 Å². The average Bonchev–Trinajstić information content (AvgIpc) is 2.86. The Morgan fingerprint density at radius 1 is 1.32 bits per heavy atom. The fourth-order valence-corrected chi connectivity index (χ4v) is 3.83. The Morgan fingerprint density at radius 2 is 2.08 bits per heavy atom. The second-order valence-electron chi connectivity index (χ2n) is 9.02. The first kappa shape index (κ1) is 27.7. The maximum absolute atomic E-state index is 14.0. The van der Waals surface area contributed by atoms with Crippen molar-refractivity contribution in [3.8, 4) is 11.9 Å². The fraction of sp³-hybridized carbons (Fsp3) is 0.379. The van der Waals surface area contributed by atoms with E-state index in [2.05, 4.69) is 16.5 Å². The molecule has 37 heavy (non-hydrogen) atoms. The number of amides is 1. The van der Waals surface area contributed by atoms with Gasteiger partial charge in [-0.2, -0.15) is 5.26 Å². The van der Waals surface area contributed by atoms with Crippen LogP contribution >= 0.6 is 0 Å². The van der Waals surface area contributed by atoms with Gasteiger partial charge in [-0.3, -0.25) is 4.79 Å². The van der Waals surface area contributed by atoms with E-state index in [1.165, 1.54) is 30.4 Å². The first-order chi connectivity index (χ1) is 17.8. The number of nitriles is 1. The van der Waals surface area contributed by atoms with Gasteiger partial charge in [0.15, 0.2) is 0 Å². The van der Waals surface area contributed by atoms with Gasteiger partial charge < -0.3 is 9.64 Å². The lowest BCUT2D eigenvalue weighted by atomic mass is 9.99. The Kier molecular flexibility index (Phi) is 9.67. The minimum atomic E-state index is -0.413. The summed E-state index contributed by atoms with van der Waals surface area (Å²) in [5, 5.41) is 9.80. The molecule has 0 bridgehead atoms. The van der Waals surface area contributed by atoms with E-state index in [0.29, 0.717) is 54.9 Å². The fourth-order valence-electron chi connectivity index (χ4n) is 3.83. The van der Waals surface area contributed by atoms with Crippen LogP contribution in [-0.4, -0.2) is 40.0 Å². The quantitative estimate of drug-likeness (QED) is 0.362. The molecule has 1 amide bonds. The number of likely N-dealkylation sites (tertiary alicyclic amines) is 1. The molecule has 0 radical (unpaired) electrons. The standard InChI is InChI=1S/C29H32F2N4O2/c1-5-9-22(30)14-12-20(4)26-27(21-10-7-8-11-23(31)15-13-21)33-25(16-32)28(34-26)37-24-17-35(18-24)29(36)19(3)6-2/h8-9,11-15,19,24H,4-7,10,17-18H2,1-3H3/b11-8-,14-12-,21-13+,22-9+,23-15+. The first-order valence-corrected chi connectivity index (χ1v) is 12.5. The second-order valence-corrected chi connectivity index (χ2v) is 9.02. The maximum atomic E-state index is 14.0.